The minimum Gasteiger partial charge on any atom is -0.544 e. The predicted octanol–water partition coefficient (Wildman–Crippen LogP) is 13.1. The quantitative estimate of drug-likeness (QED) is 0.0260. The number of rotatable bonds is 43. The summed E-state index contributed by atoms with van der Waals surface area (Å²) in [5, 5.41) is 11.7. The molecule has 0 amide bonds. The van der Waals surface area contributed by atoms with Gasteiger partial charge in [0, 0.05) is 19.3 Å². The molecule has 0 rings (SSSR count). The third-order valence-electron chi connectivity index (χ3n) is 10.4. The van der Waals surface area contributed by atoms with Crippen molar-refractivity contribution in [3.05, 3.63) is 109 Å². The molecule has 362 valence electrons. The maximum atomic E-state index is 12.7. The van der Waals surface area contributed by atoms with Crippen molar-refractivity contribution < 1.29 is 38.2 Å². The monoisotopic (exact) mass is 890 g/mol. The average molecular weight is 890 g/mol. The minimum atomic E-state index is -1.14. The summed E-state index contributed by atoms with van der Waals surface area (Å²) in [6.07, 6.45) is 62.7. The summed E-state index contributed by atoms with van der Waals surface area (Å²) in [5.74, 6) is -1.83. The lowest BCUT2D eigenvalue weighted by Gasteiger charge is -2.34. The highest BCUT2D eigenvalue weighted by atomic mass is 16.6. The van der Waals surface area contributed by atoms with Gasteiger partial charge in [-0.15, -0.1) is 0 Å². The van der Waals surface area contributed by atoms with Crippen LogP contribution in [0.25, 0.3) is 0 Å². The van der Waals surface area contributed by atoms with Gasteiger partial charge in [0.15, 0.2) is 6.10 Å². The zero-order chi connectivity index (χ0) is 47.0. The van der Waals surface area contributed by atoms with E-state index in [-0.39, 0.29) is 49.1 Å². The summed E-state index contributed by atoms with van der Waals surface area (Å²) in [5.41, 5.74) is 0. The van der Waals surface area contributed by atoms with Crippen LogP contribution in [0.2, 0.25) is 0 Å². The smallest absolute Gasteiger partial charge is 0.306 e. The Morgan fingerprint density at radius 1 is 0.469 bits per heavy atom. The van der Waals surface area contributed by atoms with Crippen molar-refractivity contribution in [3.8, 4) is 0 Å². The highest BCUT2D eigenvalue weighted by Gasteiger charge is 2.25. The molecule has 0 saturated carbocycles. The Morgan fingerprint density at radius 3 is 1.27 bits per heavy atom. The van der Waals surface area contributed by atoms with Crippen LogP contribution in [0.5, 0.6) is 0 Å². The topological polar surface area (TPSA) is 102 Å². The average Bonchev–Trinajstić information content (AvgIpc) is 3.26. The molecule has 0 N–H and O–H groups in total. The van der Waals surface area contributed by atoms with Crippen molar-refractivity contribution in [2.24, 2.45) is 0 Å². The van der Waals surface area contributed by atoms with E-state index in [1.54, 1.807) is 21.1 Å². The highest BCUT2D eigenvalue weighted by molar-refractivity contribution is 5.70. The minimum absolute atomic E-state index is 0.00991. The van der Waals surface area contributed by atoms with Gasteiger partial charge in [-0.05, 0) is 89.9 Å². The molecule has 2 atom stereocenters. The number of hydrogen-bond donors (Lipinski definition) is 0. The van der Waals surface area contributed by atoms with Crippen LogP contribution >= 0.6 is 0 Å². The summed E-state index contributed by atoms with van der Waals surface area (Å²) < 4.78 is 17.2. The number of esters is 2. The Balaban J connectivity index is 4.34. The van der Waals surface area contributed by atoms with Crippen molar-refractivity contribution in [1.29, 1.82) is 0 Å². The number of nitrogens with zero attached hydrogens (tertiary/aromatic N) is 1. The van der Waals surface area contributed by atoms with Crippen LogP contribution in [0.4, 0.5) is 0 Å². The van der Waals surface area contributed by atoms with E-state index in [1.165, 1.54) is 44.9 Å². The first-order valence-electron chi connectivity index (χ1n) is 24.9. The largest absolute Gasteiger partial charge is 0.544 e. The van der Waals surface area contributed by atoms with E-state index in [2.05, 4.69) is 123 Å². The number of quaternary nitrogens is 1. The van der Waals surface area contributed by atoms with Crippen LogP contribution in [0, 0.1) is 0 Å². The van der Waals surface area contributed by atoms with Crippen LogP contribution in [0.3, 0.4) is 0 Å². The molecule has 0 aliphatic rings. The van der Waals surface area contributed by atoms with Gasteiger partial charge < -0.3 is 28.6 Å². The zero-order valence-corrected chi connectivity index (χ0v) is 41.2. The molecule has 0 aromatic carbocycles. The van der Waals surface area contributed by atoms with Crippen molar-refractivity contribution in [2.45, 2.75) is 187 Å². The molecule has 0 aliphatic heterocycles. The van der Waals surface area contributed by atoms with Gasteiger partial charge in [-0.25, -0.2) is 0 Å². The van der Waals surface area contributed by atoms with Crippen molar-refractivity contribution in [1.82, 2.24) is 0 Å². The molecule has 0 aromatic heterocycles. The number of carbonyl (C=O) groups is 3. The first kappa shape index (κ1) is 60.0. The maximum Gasteiger partial charge on any atom is 0.306 e. The maximum absolute atomic E-state index is 12.7. The molecular weight excluding hydrogens is 799 g/mol. The van der Waals surface area contributed by atoms with E-state index in [9.17, 15) is 19.5 Å². The Labute approximate surface area is 391 Å². The van der Waals surface area contributed by atoms with Gasteiger partial charge in [-0.1, -0.05) is 175 Å². The standard InChI is InChI=1S/C56H91NO7/c1-6-8-10-12-14-16-18-20-22-24-25-26-27-28-29-31-32-34-36-38-40-42-44-46-54(58)63-51-52(50-62-49-48-53(56(60)61)57(3,4)5)64-55(59)47-45-43-41-39-37-35-33-30-23-21-19-17-15-13-11-9-7-2/h8-11,14-17,20-23,25-26,33,35,39,41,52-53H,6-7,12-13,18-19,24,27-32,34,36-38,40,42-51H2,1-5H3/b10-8+,11-9+,16-14+,17-15+,22-20+,23-21+,26-25+,35-33+,41-39+. The van der Waals surface area contributed by atoms with Crippen molar-refractivity contribution >= 4 is 17.9 Å². The van der Waals surface area contributed by atoms with E-state index in [0.29, 0.717) is 12.8 Å². The first-order valence-corrected chi connectivity index (χ1v) is 24.9. The van der Waals surface area contributed by atoms with Crippen LogP contribution in [-0.2, 0) is 28.6 Å². The van der Waals surface area contributed by atoms with Gasteiger partial charge in [0.05, 0.1) is 40.3 Å². The van der Waals surface area contributed by atoms with E-state index in [1.807, 2.05) is 0 Å². The molecule has 8 heteroatoms. The molecule has 0 saturated heterocycles. The second kappa shape index (κ2) is 45.6. The van der Waals surface area contributed by atoms with Gasteiger partial charge in [0.25, 0.3) is 0 Å². The Morgan fingerprint density at radius 2 is 0.844 bits per heavy atom. The lowest BCUT2D eigenvalue weighted by Crippen LogP contribution is -2.55. The number of allylic oxidation sites excluding steroid dienone is 18. The molecule has 0 bridgehead atoms. The third kappa shape index (κ3) is 43.3. The first-order chi connectivity index (χ1) is 31.1. The second-order valence-corrected chi connectivity index (χ2v) is 17.3. The lowest BCUT2D eigenvalue weighted by molar-refractivity contribution is -0.889. The number of likely N-dealkylation sites (N-methyl/N-ethyl adjacent to an activating group) is 1. The molecule has 0 heterocycles. The number of hydrogen-bond acceptors (Lipinski definition) is 7. The fourth-order valence-corrected chi connectivity index (χ4v) is 6.63. The molecule has 64 heavy (non-hydrogen) atoms. The fraction of sp³-hybridized carbons (Fsp3) is 0.625. The molecule has 0 aromatic rings. The molecule has 0 aliphatic carbocycles. The van der Waals surface area contributed by atoms with E-state index in [0.717, 1.165) is 89.9 Å². The van der Waals surface area contributed by atoms with Crippen LogP contribution in [-0.4, -0.2) is 75.5 Å². The Kier molecular flexibility index (Phi) is 42.7. The Bertz CT molecular complexity index is 1410. The molecule has 0 fully saturated rings. The van der Waals surface area contributed by atoms with Gasteiger partial charge in [0.1, 0.15) is 12.6 Å². The number of carboxylic acids is 1. The van der Waals surface area contributed by atoms with Crippen LogP contribution in [0.15, 0.2) is 109 Å². The van der Waals surface area contributed by atoms with Crippen LogP contribution in [0.1, 0.15) is 174 Å². The number of carbonyl (C=O) groups excluding carboxylic acids is 3. The van der Waals surface area contributed by atoms with Gasteiger partial charge >= 0.3 is 11.9 Å². The summed E-state index contributed by atoms with van der Waals surface area (Å²) in [6, 6.07) is -0.743. The SMILES string of the molecule is CC/C=C/C/C=C/C/C=C/C/C=C/C/C=C/CCCC(=O)OC(COCCC(C(=O)[O-])[N+](C)(C)C)COC(=O)CCCCCCCCCCCC/C=C/C/C=C/C/C=C/C/C=C/CC. The summed E-state index contributed by atoms with van der Waals surface area (Å²) >= 11 is 0. The van der Waals surface area contributed by atoms with Gasteiger partial charge in [-0.2, -0.15) is 0 Å². The molecule has 2 unspecified atom stereocenters. The number of aliphatic carboxylic acids is 1. The number of unbranched alkanes of at least 4 members (excludes halogenated alkanes) is 11. The van der Waals surface area contributed by atoms with E-state index < -0.39 is 18.1 Å². The number of carboxylic acid groups (broad SMARTS) is 1. The fourth-order valence-electron chi connectivity index (χ4n) is 6.63. The van der Waals surface area contributed by atoms with E-state index >= 15 is 0 Å². The van der Waals surface area contributed by atoms with E-state index in [4.69, 9.17) is 14.2 Å². The molecule has 8 nitrogen and oxygen atoms in total. The molecule has 0 spiro atoms. The molecule has 0 radical (unpaired) electrons. The van der Waals surface area contributed by atoms with Crippen molar-refractivity contribution in [2.75, 3.05) is 41.0 Å². The van der Waals surface area contributed by atoms with Crippen molar-refractivity contribution in [3.63, 3.8) is 0 Å². The van der Waals surface area contributed by atoms with Crippen LogP contribution < -0.4 is 5.11 Å². The highest BCUT2D eigenvalue weighted by Crippen LogP contribution is 2.14. The number of ether oxygens (including phenoxy) is 3. The lowest BCUT2D eigenvalue weighted by atomic mass is 10.1. The molecular formula is C56H91NO7. The summed E-state index contributed by atoms with van der Waals surface area (Å²) in [4.78, 5) is 37.0. The van der Waals surface area contributed by atoms with Gasteiger partial charge in [0.2, 0.25) is 0 Å². The van der Waals surface area contributed by atoms with Gasteiger partial charge in [-0.3, -0.25) is 9.59 Å². The Hall–Kier alpha value is -4.01. The second-order valence-electron chi connectivity index (χ2n) is 17.3. The summed E-state index contributed by atoms with van der Waals surface area (Å²) in [6.45, 7) is 4.36. The zero-order valence-electron chi connectivity index (χ0n) is 41.2. The third-order valence-corrected chi connectivity index (χ3v) is 10.4. The summed E-state index contributed by atoms with van der Waals surface area (Å²) in [7, 11) is 5.38. The predicted molar refractivity (Wildman–Crippen MR) is 268 cm³/mol. The normalized spacial score (nSPS) is 13.8.